The third-order valence-corrected chi connectivity index (χ3v) is 7.97. The molecule has 8 aromatic rings. The highest BCUT2D eigenvalue weighted by Crippen LogP contribution is 2.38. The summed E-state index contributed by atoms with van der Waals surface area (Å²) in [6, 6.07) is 54.3. The normalized spacial score (nSPS) is 11.5. The van der Waals surface area contributed by atoms with Gasteiger partial charge in [0.05, 0.1) is 11.0 Å². The van der Waals surface area contributed by atoms with Gasteiger partial charge in [0, 0.05) is 33.2 Å². The Morgan fingerprint density at radius 2 is 1.02 bits per heavy atom. The van der Waals surface area contributed by atoms with E-state index in [0.29, 0.717) is 0 Å². The lowest BCUT2D eigenvalue weighted by Gasteiger charge is -2.14. The number of para-hydroxylation sites is 2. The number of nitrogens with one attached hydrogen (secondary N) is 1. The third kappa shape index (κ3) is 3.58. The van der Waals surface area contributed by atoms with Crippen molar-refractivity contribution < 1.29 is 0 Å². The highest BCUT2D eigenvalue weighted by molar-refractivity contribution is 6.11. The highest BCUT2D eigenvalue weighted by atomic mass is 15.0. The van der Waals surface area contributed by atoms with E-state index in [1.165, 1.54) is 60.2 Å². The largest absolute Gasteiger partial charge is 0.355 e. The summed E-state index contributed by atoms with van der Waals surface area (Å²) in [5.41, 5.74) is 8.27. The van der Waals surface area contributed by atoms with Gasteiger partial charge in [-0.25, -0.2) is 0 Å². The van der Waals surface area contributed by atoms with Crippen LogP contribution in [0.15, 0.2) is 152 Å². The third-order valence-electron chi connectivity index (χ3n) is 7.97. The zero-order valence-corrected chi connectivity index (χ0v) is 21.9. The van der Waals surface area contributed by atoms with Crippen LogP contribution in [0, 0.1) is 0 Å². The monoisotopic (exact) mass is 510 g/mol. The van der Waals surface area contributed by atoms with Crippen molar-refractivity contribution in [3.8, 4) is 16.8 Å². The molecule has 0 unspecified atom stereocenters. The van der Waals surface area contributed by atoms with E-state index in [0.717, 1.165) is 11.4 Å². The van der Waals surface area contributed by atoms with Gasteiger partial charge in [0.15, 0.2) is 0 Å². The van der Waals surface area contributed by atoms with Crippen LogP contribution in [0.1, 0.15) is 0 Å². The number of hydrogen-bond donors (Lipinski definition) is 1. The molecule has 7 aromatic carbocycles. The van der Waals surface area contributed by atoms with Crippen molar-refractivity contribution in [1.29, 1.82) is 0 Å². The summed E-state index contributed by atoms with van der Waals surface area (Å²) < 4.78 is 2.35. The van der Waals surface area contributed by atoms with Gasteiger partial charge in [-0.05, 0) is 69.8 Å². The van der Waals surface area contributed by atoms with E-state index in [2.05, 4.69) is 162 Å². The molecule has 0 saturated heterocycles. The van der Waals surface area contributed by atoms with Crippen molar-refractivity contribution in [2.75, 3.05) is 5.32 Å². The van der Waals surface area contributed by atoms with Crippen LogP contribution in [0.25, 0.3) is 60.2 Å². The molecule has 0 fully saturated rings. The maximum atomic E-state index is 3.76. The quantitative estimate of drug-likeness (QED) is 0.249. The van der Waals surface area contributed by atoms with E-state index in [1.807, 2.05) is 0 Å². The Kier molecular flexibility index (Phi) is 5.17. The number of fused-ring (bicyclic) bond motifs is 5. The number of anilines is 2. The van der Waals surface area contributed by atoms with Gasteiger partial charge in [0.25, 0.3) is 0 Å². The lowest BCUT2D eigenvalue weighted by molar-refractivity contribution is 1.18. The topological polar surface area (TPSA) is 17.0 Å². The predicted octanol–water partition coefficient (Wildman–Crippen LogP) is 10.5. The van der Waals surface area contributed by atoms with E-state index in [1.54, 1.807) is 0 Å². The first-order chi connectivity index (χ1) is 19.8. The van der Waals surface area contributed by atoms with Gasteiger partial charge in [0.1, 0.15) is 0 Å². The maximum Gasteiger partial charge on any atom is 0.0542 e. The Morgan fingerprint density at radius 1 is 0.400 bits per heavy atom. The lowest BCUT2D eigenvalue weighted by atomic mass is 9.93. The minimum Gasteiger partial charge on any atom is -0.355 e. The molecule has 1 N–H and O–H groups in total. The Balaban J connectivity index is 1.26. The van der Waals surface area contributed by atoms with Crippen molar-refractivity contribution >= 4 is 54.7 Å². The fraction of sp³-hybridized carbons (Fsp3) is 0. The van der Waals surface area contributed by atoms with E-state index in [-0.39, 0.29) is 0 Å². The predicted molar refractivity (Wildman–Crippen MR) is 171 cm³/mol. The van der Waals surface area contributed by atoms with Gasteiger partial charge in [-0.15, -0.1) is 0 Å². The smallest absolute Gasteiger partial charge is 0.0542 e. The molecule has 0 bridgehead atoms. The van der Waals surface area contributed by atoms with Gasteiger partial charge >= 0.3 is 0 Å². The average Bonchev–Trinajstić information content (AvgIpc) is 3.35. The lowest BCUT2D eigenvalue weighted by Crippen LogP contribution is -1.94. The Bertz CT molecular complexity index is 2180. The van der Waals surface area contributed by atoms with Crippen LogP contribution in [0.2, 0.25) is 0 Å². The number of rotatable bonds is 4. The summed E-state index contributed by atoms with van der Waals surface area (Å²) in [6.45, 7) is 0. The van der Waals surface area contributed by atoms with E-state index >= 15 is 0 Å². The first kappa shape index (κ1) is 22.6. The molecule has 1 aromatic heterocycles. The summed E-state index contributed by atoms with van der Waals surface area (Å²) in [6.07, 6.45) is 0. The molecule has 0 amide bonds. The molecule has 0 saturated carbocycles. The summed E-state index contributed by atoms with van der Waals surface area (Å²) in [7, 11) is 0. The van der Waals surface area contributed by atoms with Crippen LogP contribution in [0.4, 0.5) is 11.4 Å². The fourth-order valence-corrected chi connectivity index (χ4v) is 6.18. The second-order valence-electron chi connectivity index (χ2n) is 10.3. The summed E-state index contributed by atoms with van der Waals surface area (Å²) in [5, 5.41) is 11.2. The number of benzene rings is 7. The minimum absolute atomic E-state index is 1.08. The molecular weight excluding hydrogens is 484 g/mol. The fourth-order valence-electron chi connectivity index (χ4n) is 6.18. The minimum atomic E-state index is 1.08. The van der Waals surface area contributed by atoms with Crippen LogP contribution in [0.3, 0.4) is 0 Å². The van der Waals surface area contributed by atoms with E-state index < -0.39 is 0 Å². The van der Waals surface area contributed by atoms with Crippen LogP contribution >= 0.6 is 0 Å². The standard InChI is InChI=1S/C38H26N2/c1-2-13-28(14-3-1)40-37-22-7-6-16-34(37)35-25-27(23-24-38(35)40)39-36-21-10-19-32-31(18-9-20-33(32)36)30-17-8-12-26-11-4-5-15-29(26)30/h1-25,39H. The molecule has 188 valence electrons. The zero-order chi connectivity index (χ0) is 26.5. The molecule has 0 spiro atoms. The Labute approximate surface area is 232 Å². The summed E-state index contributed by atoms with van der Waals surface area (Å²) in [4.78, 5) is 0. The van der Waals surface area contributed by atoms with Crippen LogP contribution in [0.5, 0.6) is 0 Å². The Hall–Kier alpha value is -5.34. The molecule has 0 aliphatic carbocycles. The van der Waals surface area contributed by atoms with E-state index in [9.17, 15) is 0 Å². The molecule has 0 atom stereocenters. The molecule has 0 radical (unpaired) electrons. The molecule has 8 rings (SSSR count). The van der Waals surface area contributed by atoms with Crippen LogP contribution < -0.4 is 5.32 Å². The van der Waals surface area contributed by atoms with Gasteiger partial charge < -0.3 is 9.88 Å². The summed E-state index contributed by atoms with van der Waals surface area (Å²) >= 11 is 0. The average molecular weight is 511 g/mol. The molecular formula is C38H26N2. The Morgan fingerprint density at radius 3 is 1.93 bits per heavy atom. The van der Waals surface area contributed by atoms with Crippen LogP contribution in [-0.4, -0.2) is 4.57 Å². The van der Waals surface area contributed by atoms with Gasteiger partial charge in [-0.2, -0.15) is 0 Å². The molecule has 0 aliphatic rings. The molecule has 0 aliphatic heterocycles. The number of aromatic nitrogens is 1. The van der Waals surface area contributed by atoms with Crippen molar-refractivity contribution in [2.24, 2.45) is 0 Å². The zero-order valence-electron chi connectivity index (χ0n) is 21.9. The maximum absolute atomic E-state index is 3.76. The van der Waals surface area contributed by atoms with Gasteiger partial charge in [-0.3, -0.25) is 0 Å². The molecule has 2 nitrogen and oxygen atoms in total. The SMILES string of the molecule is c1ccc(-n2c3ccccc3c3cc(Nc4cccc5c(-c6cccc7ccccc67)cccc45)ccc32)cc1. The van der Waals surface area contributed by atoms with Gasteiger partial charge in [-0.1, -0.05) is 109 Å². The highest BCUT2D eigenvalue weighted by Gasteiger charge is 2.14. The first-order valence-corrected chi connectivity index (χ1v) is 13.7. The van der Waals surface area contributed by atoms with E-state index in [4.69, 9.17) is 0 Å². The van der Waals surface area contributed by atoms with Crippen molar-refractivity contribution in [3.05, 3.63) is 152 Å². The first-order valence-electron chi connectivity index (χ1n) is 13.7. The number of nitrogens with zero attached hydrogens (tertiary/aromatic N) is 1. The second kappa shape index (κ2) is 9.14. The van der Waals surface area contributed by atoms with Gasteiger partial charge in [0.2, 0.25) is 0 Å². The second-order valence-corrected chi connectivity index (χ2v) is 10.3. The summed E-state index contributed by atoms with van der Waals surface area (Å²) in [5.74, 6) is 0. The van der Waals surface area contributed by atoms with Crippen molar-refractivity contribution in [2.45, 2.75) is 0 Å². The molecule has 2 heteroatoms. The van der Waals surface area contributed by atoms with Crippen LogP contribution in [-0.2, 0) is 0 Å². The molecule has 1 heterocycles. The van der Waals surface area contributed by atoms with Crippen molar-refractivity contribution in [1.82, 2.24) is 4.57 Å². The van der Waals surface area contributed by atoms with Crippen molar-refractivity contribution in [3.63, 3.8) is 0 Å². The number of hydrogen-bond acceptors (Lipinski definition) is 1. The molecule has 40 heavy (non-hydrogen) atoms.